The molecule has 0 atom stereocenters. The lowest BCUT2D eigenvalue weighted by atomic mass is 10.2. The Morgan fingerprint density at radius 2 is 2.08 bits per heavy atom. The number of hydrogen-bond acceptors (Lipinski definition) is 0. The Bertz CT molecular complexity index is 356. The summed E-state index contributed by atoms with van der Waals surface area (Å²) in [5, 5.41) is 0.654. The summed E-state index contributed by atoms with van der Waals surface area (Å²) in [6, 6.07) is 2.78. The molecule has 0 heterocycles. The van der Waals surface area contributed by atoms with Crippen molar-refractivity contribution in [3.05, 3.63) is 33.6 Å². The van der Waals surface area contributed by atoms with Gasteiger partial charge in [-0.2, -0.15) is 0 Å². The van der Waals surface area contributed by atoms with Crippen LogP contribution in [0.1, 0.15) is 5.56 Å². The van der Waals surface area contributed by atoms with Crippen molar-refractivity contribution >= 4 is 39.1 Å². The van der Waals surface area contributed by atoms with Crippen molar-refractivity contribution in [3.63, 3.8) is 0 Å². The van der Waals surface area contributed by atoms with Crippen LogP contribution in [0.15, 0.2) is 12.1 Å². The topological polar surface area (TPSA) is 0 Å². The van der Waals surface area contributed by atoms with E-state index >= 15 is 0 Å². The van der Waals surface area contributed by atoms with Gasteiger partial charge in [0.1, 0.15) is 5.82 Å². The van der Waals surface area contributed by atoms with Crippen molar-refractivity contribution < 1.29 is 4.39 Å². The van der Waals surface area contributed by atoms with Crippen molar-refractivity contribution in [1.82, 2.24) is 0 Å². The third-order valence-corrected chi connectivity index (χ3v) is 2.34. The molecule has 0 bridgehead atoms. The molecule has 13 heavy (non-hydrogen) atoms. The number of rotatable bonds is 0. The molecule has 0 N–H and O–H groups in total. The zero-order valence-corrected chi connectivity index (χ0v) is 9.47. The van der Waals surface area contributed by atoms with Crippen LogP contribution in [0.3, 0.4) is 0 Å². The van der Waals surface area contributed by atoms with Crippen LogP contribution in [0.5, 0.6) is 0 Å². The maximum atomic E-state index is 13.0. The number of hydrogen-bond donors (Lipinski definition) is 0. The molecule has 68 valence electrons. The number of alkyl halides is 1. The number of halogens is 4. The van der Waals surface area contributed by atoms with Crippen LogP contribution in [0, 0.1) is 17.7 Å². The van der Waals surface area contributed by atoms with E-state index in [1.807, 2.05) is 0 Å². The SMILES string of the molecule is Fc1cc(C#CCBr)cc(Cl)c1Cl. The third kappa shape index (κ3) is 2.87. The van der Waals surface area contributed by atoms with E-state index in [2.05, 4.69) is 27.8 Å². The Labute approximate surface area is 94.2 Å². The van der Waals surface area contributed by atoms with Crippen molar-refractivity contribution in [3.8, 4) is 11.8 Å². The molecule has 4 heteroatoms. The molecular weight excluding hydrogens is 278 g/mol. The summed E-state index contributed by atoms with van der Waals surface area (Å²) in [6.45, 7) is 0. The summed E-state index contributed by atoms with van der Waals surface area (Å²) < 4.78 is 13.0. The molecule has 0 aliphatic heterocycles. The van der Waals surface area contributed by atoms with Crippen LogP contribution in [0.25, 0.3) is 0 Å². The Kier molecular flexibility index (Phi) is 4.05. The highest BCUT2D eigenvalue weighted by molar-refractivity contribution is 9.09. The van der Waals surface area contributed by atoms with E-state index in [1.54, 1.807) is 0 Å². The molecule has 1 rings (SSSR count). The summed E-state index contributed by atoms with van der Waals surface area (Å²) in [7, 11) is 0. The molecule has 1 aromatic carbocycles. The summed E-state index contributed by atoms with van der Waals surface area (Å²) in [6.07, 6.45) is 0. The van der Waals surface area contributed by atoms with E-state index in [0.717, 1.165) is 0 Å². The molecule has 1 aromatic rings. The monoisotopic (exact) mass is 280 g/mol. The van der Waals surface area contributed by atoms with E-state index in [0.29, 0.717) is 10.9 Å². The van der Waals surface area contributed by atoms with Crippen LogP contribution in [-0.2, 0) is 0 Å². The van der Waals surface area contributed by atoms with Gasteiger partial charge in [0.2, 0.25) is 0 Å². The van der Waals surface area contributed by atoms with Gasteiger partial charge in [-0.25, -0.2) is 4.39 Å². The molecular formula is C9H4BrCl2F. The van der Waals surface area contributed by atoms with Crippen molar-refractivity contribution in [2.75, 3.05) is 5.33 Å². The fourth-order valence-corrected chi connectivity index (χ4v) is 1.22. The second-order valence-electron chi connectivity index (χ2n) is 2.19. The molecule has 0 spiro atoms. The second-order valence-corrected chi connectivity index (χ2v) is 3.54. The van der Waals surface area contributed by atoms with E-state index < -0.39 is 5.82 Å². The highest BCUT2D eigenvalue weighted by Crippen LogP contribution is 2.25. The summed E-state index contributed by atoms with van der Waals surface area (Å²) >= 11 is 14.3. The second kappa shape index (κ2) is 4.85. The lowest BCUT2D eigenvalue weighted by Crippen LogP contribution is -1.82. The zero-order chi connectivity index (χ0) is 9.84. The molecule has 0 saturated heterocycles. The lowest BCUT2D eigenvalue weighted by molar-refractivity contribution is 0.628. The highest BCUT2D eigenvalue weighted by Gasteiger charge is 2.05. The standard InChI is InChI=1S/C9H4BrCl2F/c10-3-1-2-6-4-7(11)9(12)8(13)5-6/h4-5H,3H2. The van der Waals surface area contributed by atoms with Gasteiger partial charge < -0.3 is 0 Å². The van der Waals surface area contributed by atoms with Crippen LogP contribution < -0.4 is 0 Å². The minimum atomic E-state index is -0.548. The van der Waals surface area contributed by atoms with Gasteiger partial charge in [0, 0.05) is 5.56 Å². The Balaban J connectivity index is 3.13. The van der Waals surface area contributed by atoms with Crippen molar-refractivity contribution in [2.45, 2.75) is 0 Å². The van der Waals surface area contributed by atoms with E-state index in [1.165, 1.54) is 12.1 Å². The normalized spacial score (nSPS) is 9.23. The summed E-state index contributed by atoms with van der Waals surface area (Å²) in [5.41, 5.74) is 0.520. The van der Waals surface area contributed by atoms with E-state index in [4.69, 9.17) is 23.2 Å². The molecule has 0 aromatic heterocycles. The summed E-state index contributed by atoms with van der Waals surface area (Å²) in [4.78, 5) is 0. The molecule has 0 nitrogen and oxygen atoms in total. The Hall–Kier alpha value is -0.230. The van der Waals surface area contributed by atoms with Crippen molar-refractivity contribution in [1.29, 1.82) is 0 Å². The largest absolute Gasteiger partial charge is 0.205 e. The first kappa shape index (κ1) is 10.8. The lowest BCUT2D eigenvalue weighted by Gasteiger charge is -1.97. The van der Waals surface area contributed by atoms with Crippen LogP contribution in [0.2, 0.25) is 10.0 Å². The van der Waals surface area contributed by atoms with Gasteiger partial charge in [0.15, 0.2) is 0 Å². The first-order valence-corrected chi connectivity index (χ1v) is 5.22. The quantitative estimate of drug-likeness (QED) is 0.385. The smallest absolute Gasteiger partial charge is 0.144 e. The predicted molar refractivity (Wildman–Crippen MR) is 57.1 cm³/mol. The maximum Gasteiger partial charge on any atom is 0.144 e. The average molecular weight is 282 g/mol. The van der Waals surface area contributed by atoms with Crippen LogP contribution in [0.4, 0.5) is 4.39 Å². The first-order valence-electron chi connectivity index (χ1n) is 3.34. The molecule has 0 aliphatic rings. The predicted octanol–water partition coefficient (Wildman–Crippen LogP) is 3.88. The van der Waals surface area contributed by atoms with Crippen LogP contribution in [-0.4, -0.2) is 5.33 Å². The van der Waals surface area contributed by atoms with Gasteiger partial charge in [-0.15, -0.1) is 0 Å². The Morgan fingerprint density at radius 1 is 1.38 bits per heavy atom. The van der Waals surface area contributed by atoms with Gasteiger partial charge in [-0.05, 0) is 12.1 Å². The molecule has 0 fully saturated rings. The minimum absolute atomic E-state index is 0.0638. The van der Waals surface area contributed by atoms with Gasteiger partial charge >= 0.3 is 0 Å². The van der Waals surface area contributed by atoms with Crippen LogP contribution >= 0.6 is 39.1 Å². The first-order chi connectivity index (χ1) is 6.15. The van der Waals surface area contributed by atoms with E-state index in [-0.39, 0.29) is 10.0 Å². The highest BCUT2D eigenvalue weighted by atomic mass is 79.9. The van der Waals surface area contributed by atoms with E-state index in [9.17, 15) is 4.39 Å². The molecule has 0 amide bonds. The summed E-state index contributed by atoms with van der Waals surface area (Å²) in [5.74, 6) is 4.91. The van der Waals surface area contributed by atoms with Crippen molar-refractivity contribution in [2.24, 2.45) is 0 Å². The van der Waals surface area contributed by atoms with Gasteiger partial charge in [0.05, 0.1) is 15.4 Å². The Morgan fingerprint density at radius 3 is 2.62 bits per heavy atom. The zero-order valence-electron chi connectivity index (χ0n) is 6.37. The minimum Gasteiger partial charge on any atom is -0.205 e. The van der Waals surface area contributed by atoms with Gasteiger partial charge in [-0.3, -0.25) is 0 Å². The van der Waals surface area contributed by atoms with Gasteiger partial charge in [-0.1, -0.05) is 51.0 Å². The molecule has 0 unspecified atom stereocenters. The molecule has 0 radical (unpaired) electrons. The average Bonchev–Trinajstić information content (AvgIpc) is 2.10. The molecule has 0 aliphatic carbocycles. The fraction of sp³-hybridized carbons (Fsp3) is 0.111. The fourth-order valence-electron chi connectivity index (χ4n) is 0.763. The third-order valence-electron chi connectivity index (χ3n) is 1.28. The molecule has 0 saturated carbocycles. The maximum absolute atomic E-state index is 13.0. The van der Waals surface area contributed by atoms with Gasteiger partial charge in [0.25, 0.3) is 0 Å². The number of benzene rings is 1.